The Morgan fingerprint density at radius 1 is 1.54 bits per heavy atom. The van der Waals surface area contributed by atoms with Crippen molar-refractivity contribution in [3.63, 3.8) is 0 Å². The highest BCUT2D eigenvalue weighted by atomic mass is 15.4. The van der Waals surface area contributed by atoms with Crippen LogP contribution in [-0.4, -0.2) is 7.05 Å². The number of nitrogens with zero attached hydrogens (tertiary/aromatic N) is 1. The zero-order chi connectivity index (χ0) is 9.84. The Kier molecular flexibility index (Phi) is 3.09. The third kappa shape index (κ3) is 2.33. The van der Waals surface area contributed by atoms with Gasteiger partial charge in [-0.3, -0.25) is 0 Å². The average Bonchev–Trinajstić information content (AvgIpc) is 2.08. The van der Waals surface area contributed by atoms with Crippen molar-refractivity contribution >= 4 is 5.69 Å². The number of aryl methyl sites for hydroxylation is 1. The molecule has 0 aliphatic rings. The normalized spacial score (nSPS) is 9.77. The van der Waals surface area contributed by atoms with Crippen molar-refractivity contribution in [2.75, 3.05) is 12.1 Å². The summed E-state index contributed by atoms with van der Waals surface area (Å²) in [6.45, 7) is 5.78. The molecule has 0 unspecified atom stereocenters. The van der Waals surface area contributed by atoms with Gasteiger partial charge < -0.3 is 5.01 Å². The smallest absolute Gasteiger partial charge is 0.0551 e. The highest BCUT2D eigenvalue weighted by molar-refractivity contribution is 5.54. The predicted octanol–water partition coefficient (Wildman–Crippen LogP) is 2.03. The number of hydrogen-bond acceptors (Lipinski definition) is 2. The molecule has 0 atom stereocenters. The molecule has 70 valence electrons. The summed E-state index contributed by atoms with van der Waals surface area (Å²) in [6, 6.07) is 6.26. The first-order valence-electron chi connectivity index (χ1n) is 4.34. The van der Waals surface area contributed by atoms with E-state index in [9.17, 15) is 0 Å². The summed E-state index contributed by atoms with van der Waals surface area (Å²) in [4.78, 5) is 0. The molecule has 1 aromatic rings. The first-order chi connectivity index (χ1) is 6.15. The molecule has 1 rings (SSSR count). The van der Waals surface area contributed by atoms with Crippen LogP contribution in [0.5, 0.6) is 0 Å². The fourth-order valence-electron chi connectivity index (χ4n) is 1.33. The molecule has 0 aliphatic carbocycles. The van der Waals surface area contributed by atoms with Gasteiger partial charge in [0.05, 0.1) is 5.69 Å². The Morgan fingerprint density at radius 3 is 2.77 bits per heavy atom. The minimum Gasteiger partial charge on any atom is -0.314 e. The lowest BCUT2D eigenvalue weighted by Gasteiger charge is -2.16. The van der Waals surface area contributed by atoms with E-state index in [1.54, 1.807) is 5.01 Å². The van der Waals surface area contributed by atoms with Gasteiger partial charge in [0.25, 0.3) is 0 Å². The minimum absolute atomic E-state index is 0.858. The van der Waals surface area contributed by atoms with Crippen LogP contribution in [0.3, 0.4) is 0 Å². The molecule has 0 saturated carbocycles. The molecule has 0 bridgehead atoms. The highest BCUT2D eigenvalue weighted by Gasteiger charge is 2.02. The van der Waals surface area contributed by atoms with E-state index < -0.39 is 0 Å². The van der Waals surface area contributed by atoms with Crippen LogP contribution >= 0.6 is 0 Å². The number of rotatable bonds is 3. The van der Waals surface area contributed by atoms with E-state index in [1.807, 2.05) is 13.1 Å². The summed E-state index contributed by atoms with van der Waals surface area (Å²) in [7, 11) is 1.85. The van der Waals surface area contributed by atoms with E-state index in [0.29, 0.717) is 0 Å². The Bertz CT molecular complexity index is 303. The maximum Gasteiger partial charge on any atom is 0.0551 e. The monoisotopic (exact) mass is 176 g/mol. The van der Waals surface area contributed by atoms with Crippen molar-refractivity contribution < 1.29 is 0 Å². The van der Waals surface area contributed by atoms with Crippen LogP contribution in [0.15, 0.2) is 30.9 Å². The summed E-state index contributed by atoms with van der Waals surface area (Å²) in [6.07, 6.45) is 2.74. The SMILES string of the molecule is C=CCc1ccc(C)cc1N(C)N. The van der Waals surface area contributed by atoms with Crippen molar-refractivity contribution in [3.8, 4) is 0 Å². The van der Waals surface area contributed by atoms with Gasteiger partial charge in [0.2, 0.25) is 0 Å². The molecule has 0 aliphatic heterocycles. The molecule has 2 heteroatoms. The van der Waals surface area contributed by atoms with Crippen molar-refractivity contribution in [1.82, 2.24) is 0 Å². The average molecular weight is 176 g/mol. The van der Waals surface area contributed by atoms with Crippen LogP contribution in [0.1, 0.15) is 11.1 Å². The third-order valence-electron chi connectivity index (χ3n) is 1.99. The van der Waals surface area contributed by atoms with Gasteiger partial charge in [-0.25, -0.2) is 5.84 Å². The second-order valence-electron chi connectivity index (χ2n) is 3.24. The Morgan fingerprint density at radius 2 is 2.23 bits per heavy atom. The number of anilines is 1. The number of nitrogens with two attached hydrogens (primary N) is 1. The van der Waals surface area contributed by atoms with Crippen LogP contribution in [0.2, 0.25) is 0 Å². The molecule has 0 radical (unpaired) electrons. The lowest BCUT2D eigenvalue weighted by molar-refractivity contribution is 0.996. The van der Waals surface area contributed by atoms with Crippen molar-refractivity contribution in [2.45, 2.75) is 13.3 Å². The van der Waals surface area contributed by atoms with Gasteiger partial charge in [0, 0.05) is 7.05 Å². The van der Waals surface area contributed by atoms with Gasteiger partial charge in [0.15, 0.2) is 0 Å². The lowest BCUT2D eigenvalue weighted by atomic mass is 10.1. The molecule has 0 spiro atoms. The van der Waals surface area contributed by atoms with Crippen LogP contribution in [0.4, 0.5) is 5.69 Å². The molecule has 2 N–H and O–H groups in total. The molecular formula is C11H16N2. The van der Waals surface area contributed by atoms with Crippen molar-refractivity contribution in [3.05, 3.63) is 42.0 Å². The van der Waals surface area contributed by atoms with Crippen molar-refractivity contribution in [1.29, 1.82) is 0 Å². The highest BCUT2D eigenvalue weighted by Crippen LogP contribution is 2.19. The zero-order valence-electron chi connectivity index (χ0n) is 8.25. The van der Waals surface area contributed by atoms with E-state index in [0.717, 1.165) is 12.1 Å². The van der Waals surface area contributed by atoms with Crippen LogP contribution in [0, 0.1) is 6.92 Å². The molecule has 1 aromatic carbocycles. The number of hydrogen-bond donors (Lipinski definition) is 1. The number of hydrazine groups is 1. The largest absolute Gasteiger partial charge is 0.314 e. The lowest BCUT2D eigenvalue weighted by Crippen LogP contribution is -2.26. The van der Waals surface area contributed by atoms with Crippen LogP contribution in [0.25, 0.3) is 0 Å². The molecule has 2 nitrogen and oxygen atoms in total. The fraction of sp³-hybridized carbons (Fsp3) is 0.273. The zero-order valence-corrected chi connectivity index (χ0v) is 8.25. The molecule has 0 heterocycles. The molecule has 0 aromatic heterocycles. The van der Waals surface area contributed by atoms with Gasteiger partial charge in [-0.15, -0.1) is 6.58 Å². The van der Waals surface area contributed by atoms with Crippen molar-refractivity contribution in [2.24, 2.45) is 5.84 Å². The second-order valence-corrected chi connectivity index (χ2v) is 3.24. The van der Waals surface area contributed by atoms with E-state index in [2.05, 4.69) is 31.7 Å². The van der Waals surface area contributed by atoms with Gasteiger partial charge in [-0.05, 0) is 30.5 Å². The first kappa shape index (κ1) is 9.81. The molecule has 0 fully saturated rings. The molecule has 13 heavy (non-hydrogen) atoms. The Balaban J connectivity index is 3.10. The summed E-state index contributed by atoms with van der Waals surface area (Å²) >= 11 is 0. The predicted molar refractivity (Wildman–Crippen MR) is 57.7 cm³/mol. The Hall–Kier alpha value is -1.28. The van der Waals surface area contributed by atoms with Crippen LogP contribution < -0.4 is 10.9 Å². The number of benzene rings is 1. The third-order valence-corrected chi connectivity index (χ3v) is 1.99. The van der Waals surface area contributed by atoms with Gasteiger partial charge >= 0.3 is 0 Å². The van der Waals surface area contributed by atoms with Gasteiger partial charge in [0.1, 0.15) is 0 Å². The fourth-order valence-corrected chi connectivity index (χ4v) is 1.33. The van der Waals surface area contributed by atoms with E-state index in [-0.39, 0.29) is 0 Å². The number of allylic oxidation sites excluding steroid dienone is 1. The maximum atomic E-state index is 5.71. The topological polar surface area (TPSA) is 29.3 Å². The van der Waals surface area contributed by atoms with Crippen LogP contribution in [-0.2, 0) is 6.42 Å². The quantitative estimate of drug-likeness (QED) is 0.434. The Labute approximate surface area is 79.6 Å². The molecule has 0 saturated heterocycles. The molecular weight excluding hydrogens is 160 g/mol. The summed E-state index contributed by atoms with van der Waals surface area (Å²) < 4.78 is 0. The van der Waals surface area contributed by atoms with E-state index >= 15 is 0 Å². The van der Waals surface area contributed by atoms with Gasteiger partial charge in [-0.2, -0.15) is 0 Å². The molecule has 0 amide bonds. The summed E-state index contributed by atoms with van der Waals surface area (Å²) in [5.41, 5.74) is 3.51. The summed E-state index contributed by atoms with van der Waals surface area (Å²) in [5, 5.41) is 1.64. The first-order valence-corrected chi connectivity index (χ1v) is 4.34. The van der Waals surface area contributed by atoms with Gasteiger partial charge in [-0.1, -0.05) is 18.2 Å². The summed E-state index contributed by atoms with van der Waals surface area (Å²) in [5.74, 6) is 5.71. The standard InChI is InChI=1S/C11H16N2/c1-4-5-10-7-6-9(2)8-11(10)13(3)12/h4,6-8H,1,5,12H2,2-3H3. The van der Waals surface area contributed by atoms with E-state index in [1.165, 1.54) is 11.1 Å². The maximum absolute atomic E-state index is 5.71. The van der Waals surface area contributed by atoms with E-state index in [4.69, 9.17) is 5.84 Å². The second kappa shape index (κ2) is 4.10. The minimum atomic E-state index is 0.858.